The molecule has 7 heteroatoms. The lowest BCUT2D eigenvalue weighted by Crippen LogP contribution is -2.46. The molecule has 0 saturated carbocycles. The van der Waals surface area contributed by atoms with Crippen molar-refractivity contribution in [3.05, 3.63) is 40.6 Å². The first-order valence-electron chi connectivity index (χ1n) is 7.74. The van der Waals surface area contributed by atoms with Gasteiger partial charge in [-0.05, 0) is 18.6 Å². The van der Waals surface area contributed by atoms with Gasteiger partial charge in [0.2, 0.25) is 5.91 Å². The van der Waals surface area contributed by atoms with Crippen molar-refractivity contribution in [1.29, 1.82) is 0 Å². The molecule has 1 fully saturated rings. The number of carbonyl (C=O) groups excluding carboxylic acids is 2. The van der Waals surface area contributed by atoms with Crippen LogP contribution in [0.2, 0.25) is 0 Å². The van der Waals surface area contributed by atoms with Gasteiger partial charge in [-0.3, -0.25) is 9.59 Å². The van der Waals surface area contributed by atoms with Crippen LogP contribution in [0.4, 0.5) is 0 Å². The molecular weight excluding hydrogens is 314 g/mol. The Balaban J connectivity index is 1.53. The lowest BCUT2D eigenvalue weighted by molar-refractivity contribution is -0.143. The van der Waals surface area contributed by atoms with Crippen molar-refractivity contribution in [3.63, 3.8) is 0 Å². The molecule has 0 aromatic carbocycles. The second-order valence-electron chi connectivity index (χ2n) is 5.79. The van der Waals surface area contributed by atoms with Crippen LogP contribution in [0.15, 0.2) is 29.9 Å². The highest BCUT2D eigenvalue weighted by atomic mass is 32.1. The minimum Gasteiger partial charge on any atom is -0.367 e. The summed E-state index contributed by atoms with van der Waals surface area (Å²) in [6.07, 6.45) is 4.43. The number of ketones is 1. The summed E-state index contributed by atoms with van der Waals surface area (Å²) < 4.78 is 7.58. The number of thiazole rings is 1. The number of carbonyl (C=O) groups is 2. The molecule has 120 valence electrons. The molecule has 0 bridgehead atoms. The number of fused-ring (bicyclic) bond motifs is 1. The van der Waals surface area contributed by atoms with Gasteiger partial charge < -0.3 is 14.2 Å². The van der Waals surface area contributed by atoms with E-state index < -0.39 is 0 Å². The normalized spacial score (nSPS) is 24.5. The van der Waals surface area contributed by atoms with Crippen molar-refractivity contribution < 1.29 is 14.3 Å². The van der Waals surface area contributed by atoms with E-state index in [0.717, 1.165) is 5.01 Å². The Kier molecular flexibility index (Phi) is 3.74. The molecule has 0 radical (unpaired) electrons. The highest BCUT2D eigenvalue weighted by molar-refractivity contribution is 7.09. The van der Waals surface area contributed by atoms with Gasteiger partial charge in [0.25, 0.3) is 0 Å². The molecule has 4 rings (SSSR count). The van der Waals surface area contributed by atoms with E-state index in [1.165, 1.54) is 0 Å². The van der Waals surface area contributed by atoms with Gasteiger partial charge in [0.1, 0.15) is 17.2 Å². The van der Waals surface area contributed by atoms with Crippen molar-refractivity contribution >= 4 is 23.0 Å². The van der Waals surface area contributed by atoms with Gasteiger partial charge >= 0.3 is 0 Å². The largest absolute Gasteiger partial charge is 0.367 e. The predicted molar refractivity (Wildman–Crippen MR) is 84.4 cm³/mol. The van der Waals surface area contributed by atoms with E-state index in [4.69, 9.17) is 4.74 Å². The van der Waals surface area contributed by atoms with Crippen LogP contribution in [-0.2, 0) is 9.53 Å². The summed E-state index contributed by atoms with van der Waals surface area (Å²) in [6, 6.07) is 3.34. The van der Waals surface area contributed by atoms with Crippen molar-refractivity contribution in [1.82, 2.24) is 14.5 Å². The molecule has 2 aliphatic heterocycles. The first kappa shape index (κ1) is 14.6. The van der Waals surface area contributed by atoms with Crippen LogP contribution in [0.25, 0.3) is 0 Å². The highest BCUT2D eigenvalue weighted by Gasteiger charge is 2.35. The first-order valence-corrected chi connectivity index (χ1v) is 8.62. The van der Waals surface area contributed by atoms with Gasteiger partial charge in [-0.15, -0.1) is 11.3 Å². The molecule has 0 spiro atoms. The maximum atomic E-state index is 13.0. The summed E-state index contributed by atoms with van der Waals surface area (Å²) in [4.78, 5) is 31.0. The summed E-state index contributed by atoms with van der Waals surface area (Å²) in [5, 5.41) is 2.82. The minimum absolute atomic E-state index is 0.0693. The topological polar surface area (TPSA) is 64.4 Å². The molecule has 0 aliphatic carbocycles. The predicted octanol–water partition coefficient (Wildman–Crippen LogP) is 2.06. The molecule has 4 heterocycles. The number of Topliss-reactive ketones (excluding diaryl/α,β-unsaturated/α-hetero) is 1. The summed E-state index contributed by atoms with van der Waals surface area (Å²) in [6.45, 7) is 1.62. The molecule has 2 unspecified atom stereocenters. The molecule has 2 aromatic rings. The van der Waals surface area contributed by atoms with Crippen LogP contribution >= 0.6 is 11.3 Å². The van der Waals surface area contributed by atoms with E-state index >= 15 is 0 Å². The van der Waals surface area contributed by atoms with Crippen molar-refractivity contribution in [3.8, 4) is 0 Å². The van der Waals surface area contributed by atoms with Crippen LogP contribution in [0, 0.1) is 0 Å². The van der Waals surface area contributed by atoms with Crippen LogP contribution in [-0.4, -0.2) is 45.8 Å². The maximum absolute atomic E-state index is 13.0. The number of rotatable bonds is 2. The second-order valence-corrected chi connectivity index (χ2v) is 6.72. The Morgan fingerprint density at radius 1 is 1.43 bits per heavy atom. The molecule has 1 saturated heterocycles. The molecule has 2 aliphatic rings. The first-order chi connectivity index (χ1) is 11.2. The average Bonchev–Trinajstić information content (AvgIpc) is 3.27. The molecule has 6 nitrogen and oxygen atoms in total. The van der Waals surface area contributed by atoms with Crippen LogP contribution < -0.4 is 0 Å². The van der Waals surface area contributed by atoms with Crippen LogP contribution in [0.1, 0.15) is 40.5 Å². The molecule has 2 aromatic heterocycles. The number of nitrogens with zero attached hydrogens (tertiary/aromatic N) is 3. The van der Waals surface area contributed by atoms with E-state index in [1.54, 1.807) is 23.6 Å². The Bertz CT molecular complexity index is 725. The zero-order chi connectivity index (χ0) is 15.8. The van der Waals surface area contributed by atoms with Crippen molar-refractivity contribution in [2.45, 2.75) is 25.0 Å². The average molecular weight is 331 g/mol. The molecule has 1 amide bonds. The Hall–Kier alpha value is -1.99. The quantitative estimate of drug-likeness (QED) is 0.845. The fourth-order valence-electron chi connectivity index (χ4n) is 3.28. The van der Waals surface area contributed by atoms with Crippen molar-refractivity contribution in [2.24, 2.45) is 0 Å². The lowest BCUT2D eigenvalue weighted by Gasteiger charge is -2.36. The fraction of sp³-hybridized carbons (Fsp3) is 0.438. The van der Waals surface area contributed by atoms with Gasteiger partial charge in [0.15, 0.2) is 5.78 Å². The highest BCUT2D eigenvalue weighted by Crippen LogP contribution is 2.30. The number of ether oxygens (including phenoxy) is 1. The van der Waals surface area contributed by atoms with Gasteiger partial charge in [0, 0.05) is 30.7 Å². The fourth-order valence-corrected chi connectivity index (χ4v) is 3.96. The Labute approximate surface area is 137 Å². The van der Waals surface area contributed by atoms with Gasteiger partial charge in [-0.2, -0.15) is 0 Å². The van der Waals surface area contributed by atoms with E-state index in [-0.39, 0.29) is 23.8 Å². The van der Waals surface area contributed by atoms with E-state index in [2.05, 4.69) is 4.98 Å². The minimum atomic E-state index is -0.284. The zero-order valence-corrected chi connectivity index (χ0v) is 13.4. The van der Waals surface area contributed by atoms with E-state index in [9.17, 15) is 9.59 Å². The summed E-state index contributed by atoms with van der Waals surface area (Å²) in [7, 11) is 0. The SMILES string of the molecule is O=C1CCC(C(=O)N2CCOC(c3nccs3)C2)n2cccc21. The molecule has 0 N–H and O–H groups in total. The lowest BCUT2D eigenvalue weighted by atomic mass is 10.0. The number of hydrogen-bond acceptors (Lipinski definition) is 5. The van der Waals surface area contributed by atoms with Gasteiger partial charge in [-0.25, -0.2) is 4.98 Å². The zero-order valence-electron chi connectivity index (χ0n) is 12.6. The number of amides is 1. The maximum Gasteiger partial charge on any atom is 0.245 e. The van der Waals surface area contributed by atoms with Crippen molar-refractivity contribution in [2.75, 3.05) is 19.7 Å². The van der Waals surface area contributed by atoms with E-state index in [1.807, 2.05) is 27.1 Å². The smallest absolute Gasteiger partial charge is 0.245 e. The molecule has 23 heavy (non-hydrogen) atoms. The monoisotopic (exact) mass is 331 g/mol. The second kappa shape index (κ2) is 5.90. The van der Waals surface area contributed by atoms with Crippen LogP contribution in [0.3, 0.4) is 0 Å². The van der Waals surface area contributed by atoms with Crippen LogP contribution in [0.5, 0.6) is 0 Å². The summed E-state index contributed by atoms with van der Waals surface area (Å²) in [5.41, 5.74) is 0.638. The summed E-state index contributed by atoms with van der Waals surface area (Å²) in [5.74, 6) is 0.182. The Morgan fingerprint density at radius 2 is 2.35 bits per heavy atom. The third-order valence-electron chi connectivity index (χ3n) is 4.44. The van der Waals surface area contributed by atoms with E-state index in [0.29, 0.717) is 38.2 Å². The Morgan fingerprint density at radius 3 is 3.17 bits per heavy atom. The number of hydrogen-bond donors (Lipinski definition) is 0. The van der Waals surface area contributed by atoms with Gasteiger partial charge in [-0.1, -0.05) is 0 Å². The third-order valence-corrected chi connectivity index (χ3v) is 5.30. The molecular formula is C16H17N3O3S. The standard InChI is InChI=1S/C16H17N3O3S/c20-13-4-3-12(19-6-1-2-11(13)19)16(21)18-7-8-22-14(10-18)15-17-5-9-23-15/h1-2,5-6,9,12,14H,3-4,7-8,10H2. The number of aromatic nitrogens is 2. The van der Waals surface area contributed by atoms with Gasteiger partial charge in [0.05, 0.1) is 18.8 Å². The molecule has 2 atom stereocenters. The third kappa shape index (κ3) is 2.60. The summed E-state index contributed by atoms with van der Waals surface area (Å²) >= 11 is 1.55. The number of morpholine rings is 1.